The molecular formula is C59H63BN2O. The van der Waals surface area contributed by atoms with E-state index in [0.29, 0.717) is 0 Å². The second-order valence-corrected chi connectivity index (χ2v) is 23.7. The molecule has 5 aromatic rings. The molecule has 63 heavy (non-hydrogen) atoms. The highest BCUT2D eigenvalue weighted by molar-refractivity contribution is 6.94. The van der Waals surface area contributed by atoms with Crippen molar-refractivity contribution in [3.05, 3.63) is 153 Å². The van der Waals surface area contributed by atoms with E-state index in [2.05, 4.69) is 196 Å². The van der Waals surface area contributed by atoms with Gasteiger partial charge in [0, 0.05) is 50.6 Å². The van der Waals surface area contributed by atoms with Crippen molar-refractivity contribution in [3.63, 3.8) is 0 Å². The van der Waals surface area contributed by atoms with Crippen LogP contribution in [0.25, 0.3) is 16.7 Å². The van der Waals surface area contributed by atoms with Gasteiger partial charge in [-0.25, -0.2) is 0 Å². The highest BCUT2D eigenvalue weighted by Gasteiger charge is 2.61. The minimum absolute atomic E-state index is 0.0199. The molecule has 1 fully saturated rings. The summed E-state index contributed by atoms with van der Waals surface area (Å²) in [5.41, 5.74) is 25.5. The molecule has 5 aromatic carbocycles. The SMILES string of the molecule is Cc1cc2c3c(c1)N(c1ccc4c(c1)C(C)(C)C1=C4CCC=C1)c1ccc(C(C)(C)C)cc1B3C1=C(C3C(O1)C(C)(C)CCC3(C)C)N2c1ccc2c(c1)C(C)(C)c1ccccc1-2. The van der Waals surface area contributed by atoms with Crippen molar-refractivity contribution >= 4 is 51.6 Å². The third kappa shape index (κ3) is 5.21. The van der Waals surface area contributed by atoms with Crippen LogP contribution >= 0.6 is 0 Å². The monoisotopic (exact) mass is 827 g/mol. The minimum atomic E-state index is -0.116. The lowest BCUT2D eigenvalue weighted by atomic mass is 9.35. The van der Waals surface area contributed by atoms with E-state index in [1.807, 2.05) is 0 Å². The van der Waals surface area contributed by atoms with Crippen LogP contribution < -0.4 is 20.7 Å². The molecule has 318 valence electrons. The van der Waals surface area contributed by atoms with Crippen molar-refractivity contribution < 1.29 is 4.74 Å². The van der Waals surface area contributed by atoms with E-state index in [1.165, 1.54) is 113 Å². The average Bonchev–Trinajstić information content (AvgIpc) is 3.84. The smallest absolute Gasteiger partial charge is 0.295 e. The Balaban J connectivity index is 1.14. The Labute approximate surface area is 377 Å². The number of nitrogens with zero attached hydrogens (tertiary/aromatic N) is 2. The number of hydrogen-bond acceptors (Lipinski definition) is 3. The molecule has 4 aliphatic carbocycles. The zero-order valence-corrected chi connectivity index (χ0v) is 39.7. The van der Waals surface area contributed by atoms with E-state index < -0.39 is 0 Å². The predicted octanol–water partition coefficient (Wildman–Crippen LogP) is 14.1. The number of hydrogen-bond donors (Lipinski definition) is 0. The Morgan fingerprint density at radius 1 is 0.651 bits per heavy atom. The van der Waals surface area contributed by atoms with Crippen molar-refractivity contribution in [2.24, 2.45) is 16.7 Å². The molecule has 12 rings (SSSR count). The molecule has 4 heteroatoms. The lowest BCUT2D eigenvalue weighted by molar-refractivity contribution is -0.0623. The van der Waals surface area contributed by atoms with Crippen molar-refractivity contribution in [2.45, 2.75) is 131 Å². The van der Waals surface area contributed by atoms with Gasteiger partial charge in [-0.1, -0.05) is 137 Å². The molecule has 0 bridgehead atoms. The van der Waals surface area contributed by atoms with Crippen LogP contribution in [0.4, 0.5) is 28.4 Å². The maximum Gasteiger partial charge on any atom is 0.295 e. The summed E-state index contributed by atoms with van der Waals surface area (Å²) < 4.78 is 7.81. The highest BCUT2D eigenvalue weighted by Crippen LogP contribution is 2.62. The van der Waals surface area contributed by atoms with Crippen molar-refractivity contribution in [3.8, 4) is 11.1 Å². The molecule has 0 saturated heterocycles. The molecule has 1 saturated carbocycles. The Bertz CT molecular complexity index is 2960. The summed E-state index contributed by atoms with van der Waals surface area (Å²) in [7, 11) is 0. The number of allylic oxidation sites excluding steroid dienone is 4. The van der Waals surface area contributed by atoms with Gasteiger partial charge in [0.25, 0.3) is 6.71 Å². The lowest BCUT2D eigenvalue weighted by Gasteiger charge is -2.50. The number of ether oxygens (including phenoxy) is 1. The summed E-state index contributed by atoms with van der Waals surface area (Å²) in [5.74, 6) is 0.227. The Morgan fingerprint density at radius 2 is 1.30 bits per heavy atom. The first-order chi connectivity index (χ1) is 29.8. The third-order valence-electron chi connectivity index (χ3n) is 17.1. The van der Waals surface area contributed by atoms with Gasteiger partial charge in [0.05, 0.1) is 11.4 Å². The Hall–Kier alpha value is -5.22. The molecule has 0 spiro atoms. The van der Waals surface area contributed by atoms with Crippen molar-refractivity contribution in [1.29, 1.82) is 0 Å². The number of fused-ring (bicyclic) bond motifs is 10. The zero-order chi connectivity index (χ0) is 43.9. The summed E-state index contributed by atoms with van der Waals surface area (Å²) in [6, 6.07) is 36.2. The molecule has 0 amide bonds. The first kappa shape index (κ1) is 39.4. The van der Waals surface area contributed by atoms with Gasteiger partial charge in [-0.2, -0.15) is 0 Å². The number of rotatable bonds is 2. The summed E-state index contributed by atoms with van der Waals surface area (Å²) in [6.45, 7) is 29.0. The van der Waals surface area contributed by atoms with E-state index in [0.717, 1.165) is 19.3 Å². The fourth-order valence-electron chi connectivity index (χ4n) is 13.4. The molecule has 3 nitrogen and oxygen atoms in total. The molecule has 2 atom stereocenters. The Kier molecular flexibility index (Phi) is 7.83. The fourth-order valence-corrected chi connectivity index (χ4v) is 13.4. The first-order valence-corrected chi connectivity index (χ1v) is 23.9. The quantitative estimate of drug-likeness (QED) is 0.165. The van der Waals surface area contributed by atoms with Gasteiger partial charge in [-0.15, -0.1) is 0 Å². The third-order valence-corrected chi connectivity index (χ3v) is 17.1. The Morgan fingerprint density at radius 3 is 2.05 bits per heavy atom. The average molecular weight is 827 g/mol. The zero-order valence-electron chi connectivity index (χ0n) is 39.7. The van der Waals surface area contributed by atoms with Crippen LogP contribution in [0.5, 0.6) is 0 Å². The van der Waals surface area contributed by atoms with Gasteiger partial charge in [-0.05, 0) is 152 Å². The van der Waals surface area contributed by atoms with E-state index in [-0.39, 0.29) is 45.8 Å². The molecule has 3 aliphatic heterocycles. The molecule has 7 aliphatic rings. The van der Waals surface area contributed by atoms with Gasteiger partial charge in [-0.3, -0.25) is 0 Å². The normalized spacial score (nSPS) is 23.3. The van der Waals surface area contributed by atoms with Gasteiger partial charge in [0.2, 0.25) is 0 Å². The fraction of sp³-hybridized carbons (Fsp3) is 0.390. The molecule has 0 aromatic heterocycles. The standard InChI is InChI=1S/C59H63BN2O/c1-34-29-48-51-49(30-34)62(37-23-25-41-39-18-14-16-20-43(39)59(11,12)45(41)33-37)52-50-53(57(7,8)28-27-56(50,5)6)63-54(52)60(51)46-31-35(55(2,3)4)21-26-47(46)61(48)36-22-24-40-38-17-13-15-19-42(38)58(9,10)44(40)32-36/h14-16,18-26,29-33,50,53H,13,17,27-28H2,1-12H3. The first-order valence-electron chi connectivity index (χ1n) is 23.9. The summed E-state index contributed by atoms with van der Waals surface area (Å²) >= 11 is 0. The van der Waals surface area contributed by atoms with Crippen LogP contribution in [0.3, 0.4) is 0 Å². The second kappa shape index (κ2) is 12.5. The second-order valence-electron chi connectivity index (χ2n) is 23.7. The summed E-state index contributed by atoms with van der Waals surface area (Å²) in [4.78, 5) is 5.33. The van der Waals surface area contributed by atoms with E-state index in [9.17, 15) is 0 Å². The van der Waals surface area contributed by atoms with Crippen LogP contribution in [0, 0.1) is 23.7 Å². The van der Waals surface area contributed by atoms with Crippen LogP contribution in [-0.4, -0.2) is 12.8 Å². The largest absolute Gasteiger partial charge is 0.501 e. The van der Waals surface area contributed by atoms with Crippen molar-refractivity contribution in [1.82, 2.24) is 0 Å². The number of aryl methyl sites for hydroxylation is 1. The molecular weight excluding hydrogens is 763 g/mol. The van der Waals surface area contributed by atoms with E-state index in [4.69, 9.17) is 4.74 Å². The van der Waals surface area contributed by atoms with Gasteiger partial charge in [0.1, 0.15) is 6.10 Å². The minimum Gasteiger partial charge on any atom is -0.501 e. The summed E-state index contributed by atoms with van der Waals surface area (Å²) in [5, 5.41) is 0. The maximum absolute atomic E-state index is 7.81. The topological polar surface area (TPSA) is 15.7 Å². The van der Waals surface area contributed by atoms with Crippen LogP contribution in [0.2, 0.25) is 0 Å². The van der Waals surface area contributed by atoms with Crippen LogP contribution in [0.15, 0.2) is 120 Å². The summed E-state index contributed by atoms with van der Waals surface area (Å²) in [6.07, 6.45) is 9.40. The molecule has 0 N–H and O–H groups in total. The molecule has 2 unspecified atom stereocenters. The number of anilines is 5. The predicted molar refractivity (Wildman–Crippen MR) is 266 cm³/mol. The van der Waals surface area contributed by atoms with Crippen LogP contribution in [0.1, 0.15) is 135 Å². The van der Waals surface area contributed by atoms with E-state index in [1.54, 1.807) is 0 Å². The van der Waals surface area contributed by atoms with Crippen LogP contribution in [-0.2, 0) is 21.0 Å². The maximum atomic E-state index is 7.81. The molecule has 0 radical (unpaired) electrons. The van der Waals surface area contributed by atoms with Gasteiger partial charge in [0.15, 0.2) is 0 Å². The van der Waals surface area contributed by atoms with Crippen molar-refractivity contribution in [2.75, 3.05) is 9.80 Å². The van der Waals surface area contributed by atoms with E-state index >= 15 is 0 Å². The van der Waals surface area contributed by atoms with Gasteiger partial charge < -0.3 is 14.5 Å². The highest BCUT2D eigenvalue weighted by atomic mass is 16.5. The number of benzene rings is 5. The molecule has 3 heterocycles. The van der Waals surface area contributed by atoms with Gasteiger partial charge >= 0.3 is 0 Å². The lowest BCUT2D eigenvalue weighted by Crippen LogP contribution is -2.56.